The predicted octanol–water partition coefficient (Wildman–Crippen LogP) is 1.78. The van der Waals surface area contributed by atoms with Crippen LogP contribution in [0.3, 0.4) is 0 Å². The lowest BCUT2D eigenvalue weighted by Crippen LogP contribution is -2.47. The molecule has 0 aromatic carbocycles. The van der Waals surface area contributed by atoms with Gasteiger partial charge in [0.05, 0.1) is 0 Å². The molecule has 2 rings (SSSR count). The highest BCUT2D eigenvalue weighted by Gasteiger charge is 2.34. The Morgan fingerprint density at radius 1 is 1.36 bits per heavy atom. The smallest absolute Gasteiger partial charge is 0.0122 e. The molecule has 2 nitrogen and oxygen atoms in total. The molecule has 2 atom stereocenters. The van der Waals surface area contributed by atoms with Crippen LogP contribution in [-0.2, 0) is 0 Å². The van der Waals surface area contributed by atoms with E-state index in [0.717, 1.165) is 24.5 Å². The minimum atomic E-state index is 0.810. The van der Waals surface area contributed by atoms with Gasteiger partial charge in [0.2, 0.25) is 0 Å². The third kappa shape index (κ3) is 2.18. The summed E-state index contributed by atoms with van der Waals surface area (Å²) in [5.41, 5.74) is 0. The van der Waals surface area contributed by atoms with Crippen LogP contribution in [0.4, 0.5) is 0 Å². The molecule has 0 saturated carbocycles. The van der Waals surface area contributed by atoms with Crippen LogP contribution in [0.2, 0.25) is 0 Å². The number of fused-ring (bicyclic) bond motifs is 2. The maximum Gasteiger partial charge on any atom is 0.0122 e. The number of nitrogens with one attached hydrogen (secondary N) is 1. The maximum atomic E-state index is 3.78. The molecule has 0 aromatic heterocycles. The van der Waals surface area contributed by atoms with Crippen LogP contribution in [0, 0.1) is 0 Å². The standard InChI is InChI=1S/C12H22N2/c1-3-4-7-14(2)12-8-10-5-6-11(9-12)13-10/h3,10-13H,1,4-9H2,2H3. The van der Waals surface area contributed by atoms with Crippen molar-refractivity contribution in [1.29, 1.82) is 0 Å². The summed E-state index contributed by atoms with van der Waals surface area (Å²) in [7, 11) is 2.26. The average molecular weight is 194 g/mol. The van der Waals surface area contributed by atoms with Crippen LogP contribution in [0.15, 0.2) is 12.7 Å². The van der Waals surface area contributed by atoms with Gasteiger partial charge in [-0.15, -0.1) is 6.58 Å². The highest BCUT2D eigenvalue weighted by atomic mass is 15.2. The van der Waals surface area contributed by atoms with Crippen LogP contribution in [0.5, 0.6) is 0 Å². The number of rotatable bonds is 4. The molecule has 2 aliphatic rings. The molecule has 0 aromatic rings. The van der Waals surface area contributed by atoms with Gasteiger partial charge in [-0.05, 0) is 39.2 Å². The van der Waals surface area contributed by atoms with Crippen molar-refractivity contribution in [2.45, 2.75) is 50.2 Å². The molecule has 2 heterocycles. The summed E-state index contributed by atoms with van der Waals surface area (Å²) < 4.78 is 0. The molecule has 14 heavy (non-hydrogen) atoms. The van der Waals surface area contributed by atoms with Gasteiger partial charge in [-0.1, -0.05) is 6.08 Å². The molecule has 2 fully saturated rings. The first-order chi connectivity index (χ1) is 6.79. The molecule has 2 aliphatic heterocycles. The summed E-state index contributed by atoms with van der Waals surface area (Å²) in [5, 5.41) is 3.68. The second-order valence-corrected chi connectivity index (χ2v) is 4.82. The first-order valence-corrected chi connectivity index (χ1v) is 5.86. The second kappa shape index (κ2) is 4.45. The monoisotopic (exact) mass is 194 g/mol. The Morgan fingerprint density at radius 2 is 2.00 bits per heavy atom. The Morgan fingerprint density at radius 3 is 2.57 bits per heavy atom. The summed E-state index contributed by atoms with van der Waals surface area (Å²) in [4.78, 5) is 2.52. The lowest BCUT2D eigenvalue weighted by molar-refractivity contribution is 0.175. The van der Waals surface area contributed by atoms with Gasteiger partial charge >= 0.3 is 0 Å². The molecule has 2 saturated heterocycles. The Labute approximate surface area is 87.4 Å². The SMILES string of the molecule is C=CCCN(C)C1CC2CCC(C1)N2. The molecule has 0 amide bonds. The van der Waals surface area contributed by atoms with Gasteiger partial charge in [-0.2, -0.15) is 0 Å². The van der Waals surface area contributed by atoms with Crippen molar-refractivity contribution in [3.8, 4) is 0 Å². The number of nitrogens with zero attached hydrogens (tertiary/aromatic N) is 1. The number of piperidine rings is 1. The van der Waals surface area contributed by atoms with E-state index in [0.29, 0.717) is 0 Å². The topological polar surface area (TPSA) is 15.3 Å². The van der Waals surface area contributed by atoms with E-state index in [1.165, 1.54) is 32.2 Å². The van der Waals surface area contributed by atoms with Crippen molar-refractivity contribution in [2.24, 2.45) is 0 Å². The molecule has 0 spiro atoms. The largest absolute Gasteiger partial charge is 0.311 e. The van der Waals surface area contributed by atoms with E-state index in [9.17, 15) is 0 Å². The first kappa shape index (κ1) is 10.2. The van der Waals surface area contributed by atoms with Crippen molar-refractivity contribution in [3.63, 3.8) is 0 Å². The van der Waals surface area contributed by atoms with Crippen LogP contribution < -0.4 is 5.32 Å². The summed E-state index contributed by atoms with van der Waals surface area (Å²) in [6.45, 7) is 4.96. The van der Waals surface area contributed by atoms with Gasteiger partial charge in [0.25, 0.3) is 0 Å². The van der Waals surface area contributed by atoms with Gasteiger partial charge in [0.15, 0.2) is 0 Å². The van der Waals surface area contributed by atoms with E-state index in [1.54, 1.807) is 0 Å². The van der Waals surface area contributed by atoms with Crippen molar-refractivity contribution >= 4 is 0 Å². The van der Waals surface area contributed by atoms with Crippen molar-refractivity contribution in [1.82, 2.24) is 10.2 Å². The molecule has 2 unspecified atom stereocenters. The summed E-state index contributed by atoms with van der Waals surface area (Å²) >= 11 is 0. The highest BCUT2D eigenvalue weighted by Crippen LogP contribution is 2.29. The van der Waals surface area contributed by atoms with Crippen LogP contribution in [-0.4, -0.2) is 36.6 Å². The molecule has 0 aliphatic carbocycles. The summed E-state index contributed by atoms with van der Waals surface area (Å²) in [5.74, 6) is 0. The van der Waals surface area contributed by atoms with E-state index in [4.69, 9.17) is 0 Å². The zero-order valence-corrected chi connectivity index (χ0v) is 9.21. The lowest BCUT2D eigenvalue weighted by atomic mass is 9.98. The van der Waals surface area contributed by atoms with E-state index >= 15 is 0 Å². The third-order valence-corrected chi connectivity index (χ3v) is 3.76. The van der Waals surface area contributed by atoms with Crippen molar-refractivity contribution in [2.75, 3.05) is 13.6 Å². The van der Waals surface area contributed by atoms with E-state index in [-0.39, 0.29) is 0 Å². The van der Waals surface area contributed by atoms with Gasteiger partial charge < -0.3 is 10.2 Å². The average Bonchev–Trinajstić information content (AvgIpc) is 2.54. The van der Waals surface area contributed by atoms with Crippen LogP contribution in [0.25, 0.3) is 0 Å². The van der Waals surface area contributed by atoms with Gasteiger partial charge in [0, 0.05) is 24.7 Å². The molecular formula is C12H22N2. The second-order valence-electron chi connectivity index (χ2n) is 4.82. The molecule has 2 heteroatoms. The van der Waals surface area contributed by atoms with Gasteiger partial charge in [-0.25, -0.2) is 0 Å². The van der Waals surface area contributed by atoms with Crippen LogP contribution in [0.1, 0.15) is 32.1 Å². The fourth-order valence-electron chi connectivity index (χ4n) is 2.86. The first-order valence-electron chi connectivity index (χ1n) is 5.86. The Balaban J connectivity index is 1.83. The van der Waals surface area contributed by atoms with Crippen LogP contribution >= 0.6 is 0 Å². The Kier molecular flexibility index (Phi) is 3.24. The summed E-state index contributed by atoms with van der Waals surface area (Å²) in [6.07, 6.45) is 8.64. The van der Waals surface area contributed by atoms with Crippen molar-refractivity contribution < 1.29 is 0 Å². The highest BCUT2D eigenvalue weighted by molar-refractivity contribution is 4.95. The molecule has 0 radical (unpaired) electrons. The minimum absolute atomic E-state index is 0.810. The van der Waals surface area contributed by atoms with Gasteiger partial charge in [-0.3, -0.25) is 0 Å². The zero-order chi connectivity index (χ0) is 9.97. The quantitative estimate of drug-likeness (QED) is 0.686. The van der Waals surface area contributed by atoms with E-state index in [1.807, 2.05) is 6.08 Å². The summed E-state index contributed by atoms with van der Waals surface area (Å²) in [6, 6.07) is 2.43. The Bertz CT molecular complexity index is 190. The molecule has 2 bridgehead atoms. The van der Waals surface area contributed by atoms with Crippen molar-refractivity contribution in [3.05, 3.63) is 12.7 Å². The molecule has 80 valence electrons. The van der Waals surface area contributed by atoms with E-state index < -0.39 is 0 Å². The fourth-order valence-corrected chi connectivity index (χ4v) is 2.86. The Hall–Kier alpha value is -0.340. The van der Waals surface area contributed by atoms with E-state index in [2.05, 4.69) is 23.8 Å². The third-order valence-electron chi connectivity index (χ3n) is 3.76. The number of hydrogen-bond donors (Lipinski definition) is 1. The zero-order valence-electron chi connectivity index (χ0n) is 9.21. The number of hydrogen-bond acceptors (Lipinski definition) is 2. The molecule has 1 N–H and O–H groups in total. The molecular weight excluding hydrogens is 172 g/mol. The maximum absolute atomic E-state index is 3.78. The minimum Gasteiger partial charge on any atom is -0.311 e. The van der Waals surface area contributed by atoms with Gasteiger partial charge in [0.1, 0.15) is 0 Å². The predicted molar refractivity (Wildman–Crippen MR) is 60.4 cm³/mol. The fraction of sp³-hybridized carbons (Fsp3) is 0.833. The lowest BCUT2D eigenvalue weighted by Gasteiger charge is -2.35. The normalized spacial score (nSPS) is 36.3.